The van der Waals surface area contributed by atoms with Crippen LogP contribution in [-0.4, -0.2) is 9.67 Å². The lowest BCUT2D eigenvalue weighted by Crippen LogP contribution is -2.14. The molecule has 0 spiro atoms. The van der Waals surface area contributed by atoms with Crippen molar-refractivity contribution >= 4 is 21.8 Å². The van der Waals surface area contributed by atoms with Crippen molar-refractivity contribution in [2.75, 3.05) is 0 Å². The standard InChI is InChI=1S/C28H23NO/c1-17-14-18(12-13-27(17)30)29-25-11-7-5-9-20(25)22-15-21-19-8-4-6-10-23(19)28(2,3)24(21)16-26(22)29/h4-16,30H,1-3H3. The van der Waals surface area contributed by atoms with Gasteiger partial charge in [0.1, 0.15) is 5.75 Å². The Balaban J connectivity index is 1.76. The van der Waals surface area contributed by atoms with E-state index >= 15 is 0 Å². The number of nitrogens with zero attached hydrogens (tertiary/aromatic N) is 1. The van der Waals surface area contributed by atoms with Gasteiger partial charge >= 0.3 is 0 Å². The summed E-state index contributed by atoms with van der Waals surface area (Å²) in [6.07, 6.45) is 0. The molecule has 1 heterocycles. The summed E-state index contributed by atoms with van der Waals surface area (Å²) >= 11 is 0. The molecule has 146 valence electrons. The van der Waals surface area contributed by atoms with Gasteiger partial charge in [-0.05, 0) is 71.1 Å². The third-order valence-corrected chi connectivity index (χ3v) is 6.81. The summed E-state index contributed by atoms with van der Waals surface area (Å²) in [4.78, 5) is 0. The second-order valence-electron chi connectivity index (χ2n) is 8.91. The molecule has 6 rings (SSSR count). The topological polar surface area (TPSA) is 25.2 Å². The number of hydrogen-bond donors (Lipinski definition) is 1. The van der Waals surface area contributed by atoms with E-state index in [-0.39, 0.29) is 5.41 Å². The van der Waals surface area contributed by atoms with Crippen molar-refractivity contribution in [3.63, 3.8) is 0 Å². The predicted molar refractivity (Wildman–Crippen MR) is 125 cm³/mol. The molecule has 0 saturated heterocycles. The number of aryl methyl sites for hydroxylation is 1. The second kappa shape index (κ2) is 5.76. The second-order valence-corrected chi connectivity index (χ2v) is 8.91. The van der Waals surface area contributed by atoms with E-state index in [0.29, 0.717) is 5.75 Å². The summed E-state index contributed by atoms with van der Waals surface area (Å²) in [6.45, 7) is 6.59. The maximum atomic E-state index is 10.1. The van der Waals surface area contributed by atoms with E-state index in [0.717, 1.165) is 11.3 Å². The van der Waals surface area contributed by atoms with E-state index in [1.165, 1.54) is 44.1 Å². The smallest absolute Gasteiger partial charge is 0.118 e. The lowest BCUT2D eigenvalue weighted by molar-refractivity contribution is 0.471. The highest BCUT2D eigenvalue weighted by molar-refractivity contribution is 6.11. The van der Waals surface area contributed by atoms with Gasteiger partial charge in [-0.2, -0.15) is 0 Å². The van der Waals surface area contributed by atoms with Crippen molar-refractivity contribution in [1.29, 1.82) is 0 Å². The molecule has 0 amide bonds. The first-order valence-electron chi connectivity index (χ1n) is 10.4. The first-order valence-corrected chi connectivity index (χ1v) is 10.4. The van der Waals surface area contributed by atoms with Gasteiger partial charge in [0.15, 0.2) is 0 Å². The average Bonchev–Trinajstić information content (AvgIpc) is 3.19. The number of phenols is 1. The van der Waals surface area contributed by atoms with Crippen LogP contribution in [0, 0.1) is 6.92 Å². The van der Waals surface area contributed by atoms with Gasteiger partial charge in [-0.3, -0.25) is 0 Å². The minimum absolute atomic E-state index is 0.0354. The van der Waals surface area contributed by atoms with Crippen molar-refractivity contribution in [2.45, 2.75) is 26.2 Å². The van der Waals surface area contributed by atoms with Crippen molar-refractivity contribution in [3.8, 4) is 22.6 Å². The number of benzene rings is 4. The van der Waals surface area contributed by atoms with Crippen LogP contribution in [0.4, 0.5) is 0 Å². The predicted octanol–water partition coefficient (Wildman–Crippen LogP) is 7.10. The molecule has 4 aromatic carbocycles. The highest BCUT2D eigenvalue weighted by Gasteiger charge is 2.36. The van der Waals surface area contributed by atoms with E-state index in [4.69, 9.17) is 0 Å². The van der Waals surface area contributed by atoms with Crippen LogP contribution in [0.3, 0.4) is 0 Å². The molecule has 0 bridgehead atoms. The maximum absolute atomic E-state index is 10.1. The number of phenolic OH excluding ortho intramolecular Hbond substituents is 1. The third-order valence-electron chi connectivity index (χ3n) is 6.81. The summed E-state index contributed by atoms with van der Waals surface area (Å²) in [7, 11) is 0. The molecule has 1 N–H and O–H groups in total. The Hall–Kier alpha value is -3.52. The molecule has 1 aliphatic carbocycles. The molecule has 0 atom stereocenters. The summed E-state index contributed by atoms with van der Waals surface area (Å²) < 4.78 is 2.33. The normalized spacial score (nSPS) is 14.2. The van der Waals surface area contributed by atoms with E-state index in [1.807, 2.05) is 13.0 Å². The van der Waals surface area contributed by atoms with E-state index in [9.17, 15) is 5.11 Å². The summed E-state index contributed by atoms with van der Waals surface area (Å²) in [5.41, 5.74) is 9.77. The van der Waals surface area contributed by atoms with Gasteiger partial charge in [0, 0.05) is 21.9 Å². The van der Waals surface area contributed by atoms with E-state index in [1.54, 1.807) is 6.07 Å². The first-order chi connectivity index (χ1) is 14.5. The highest BCUT2D eigenvalue weighted by atomic mass is 16.3. The highest BCUT2D eigenvalue weighted by Crippen LogP contribution is 2.50. The van der Waals surface area contributed by atoms with Crippen molar-refractivity contribution in [2.24, 2.45) is 0 Å². The molecule has 0 fully saturated rings. The largest absolute Gasteiger partial charge is 0.508 e. The Morgan fingerprint density at radius 1 is 0.700 bits per heavy atom. The molecule has 0 aliphatic heterocycles. The number of hydrogen-bond acceptors (Lipinski definition) is 1. The van der Waals surface area contributed by atoms with Crippen LogP contribution in [0.25, 0.3) is 38.6 Å². The van der Waals surface area contributed by atoms with Crippen LogP contribution in [0.15, 0.2) is 78.9 Å². The first kappa shape index (κ1) is 17.3. The zero-order valence-electron chi connectivity index (χ0n) is 17.4. The number of para-hydroxylation sites is 1. The Morgan fingerprint density at radius 2 is 1.47 bits per heavy atom. The summed E-state index contributed by atoms with van der Waals surface area (Å²) in [6, 6.07) is 28.0. The fourth-order valence-electron chi connectivity index (χ4n) is 5.22. The molecule has 1 aliphatic rings. The molecular formula is C28H23NO. The van der Waals surface area contributed by atoms with Crippen LogP contribution in [0.5, 0.6) is 5.75 Å². The van der Waals surface area contributed by atoms with E-state index < -0.39 is 0 Å². The lowest BCUT2D eigenvalue weighted by atomic mass is 9.82. The molecular weight excluding hydrogens is 366 g/mol. The number of fused-ring (bicyclic) bond motifs is 6. The van der Waals surface area contributed by atoms with Crippen LogP contribution in [0.2, 0.25) is 0 Å². The van der Waals surface area contributed by atoms with Crippen LogP contribution in [-0.2, 0) is 5.41 Å². The Morgan fingerprint density at radius 3 is 2.30 bits per heavy atom. The summed E-state index contributed by atoms with van der Waals surface area (Å²) in [5, 5.41) is 12.6. The van der Waals surface area contributed by atoms with Crippen molar-refractivity contribution in [3.05, 3.63) is 95.6 Å². The van der Waals surface area contributed by atoms with Crippen molar-refractivity contribution in [1.82, 2.24) is 4.57 Å². The molecule has 0 unspecified atom stereocenters. The van der Waals surface area contributed by atoms with Gasteiger partial charge in [0.05, 0.1) is 11.0 Å². The van der Waals surface area contributed by atoms with Crippen LogP contribution < -0.4 is 0 Å². The van der Waals surface area contributed by atoms with Crippen LogP contribution in [0.1, 0.15) is 30.5 Å². The lowest BCUT2D eigenvalue weighted by Gasteiger charge is -2.21. The van der Waals surface area contributed by atoms with Gasteiger partial charge in [-0.1, -0.05) is 56.3 Å². The molecule has 30 heavy (non-hydrogen) atoms. The molecule has 2 nitrogen and oxygen atoms in total. The number of aromatic nitrogens is 1. The Labute approximate surface area is 176 Å². The minimum Gasteiger partial charge on any atom is -0.508 e. The SMILES string of the molecule is Cc1cc(-n2c3ccccc3c3cc4c(cc32)C(C)(C)c2ccccc2-4)ccc1O. The summed E-state index contributed by atoms with van der Waals surface area (Å²) in [5.74, 6) is 0.331. The molecule has 5 aromatic rings. The van der Waals surface area contributed by atoms with Gasteiger partial charge in [-0.15, -0.1) is 0 Å². The average molecular weight is 389 g/mol. The molecule has 1 aromatic heterocycles. The van der Waals surface area contributed by atoms with Gasteiger partial charge in [0.2, 0.25) is 0 Å². The fraction of sp³-hybridized carbons (Fsp3) is 0.143. The molecule has 2 heteroatoms. The Kier molecular flexibility index (Phi) is 3.33. The van der Waals surface area contributed by atoms with E-state index in [2.05, 4.69) is 85.1 Å². The van der Waals surface area contributed by atoms with Gasteiger partial charge in [0.25, 0.3) is 0 Å². The monoisotopic (exact) mass is 389 g/mol. The maximum Gasteiger partial charge on any atom is 0.118 e. The van der Waals surface area contributed by atoms with Gasteiger partial charge in [-0.25, -0.2) is 0 Å². The van der Waals surface area contributed by atoms with Gasteiger partial charge < -0.3 is 9.67 Å². The van der Waals surface area contributed by atoms with Crippen molar-refractivity contribution < 1.29 is 5.11 Å². The third kappa shape index (κ3) is 2.14. The molecule has 0 radical (unpaired) electrons. The molecule has 0 saturated carbocycles. The number of aromatic hydroxyl groups is 1. The quantitative estimate of drug-likeness (QED) is 0.325. The fourth-order valence-corrected chi connectivity index (χ4v) is 5.22. The zero-order valence-corrected chi connectivity index (χ0v) is 17.4. The number of rotatable bonds is 1. The zero-order chi connectivity index (χ0) is 20.6. The van der Waals surface area contributed by atoms with Crippen LogP contribution >= 0.6 is 0 Å². The Bertz CT molecular complexity index is 1490. The minimum atomic E-state index is -0.0354.